The molecule has 2 aromatic carbocycles. The first kappa shape index (κ1) is 11.3. The van der Waals surface area contributed by atoms with Crippen LogP contribution in [0.1, 0.15) is 0 Å². The molecule has 4 heteroatoms. The fraction of sp³-hybridized carbons (Fsp3) is 0.188. The number of aromatic nitrogens is 1. The van der Waals surface area contributed by atoms with Crippen LogP contribution >= 0.6 is 0 Å². The monoisotopic (exact) mass is 268 g/mol. The maximum Gasteiger partial charge on any atom is 0.231 e. The second-order valence-electron chi connectivity index (χ2n) is 4.92. The number of ether oxygens (including phenoxy) is 3. The molecule has 0 fully saturated rings. The topological polar surface area (TPSA) is 31.6 Å². The molecule has 2 heterocycles. The van der Waals surface area contributed by atoms with Crippen molar-refractivity contribution in [1.82, 2.24) is 0 Å². The van der Waals surface area contributed by atoms with E-state index in [1.165, 1.54) is 0 Å². The van der Waals surface area contributed by atoms with E-state index in [-0.39, 0.29) is 0 Å². The molecule has 0 saturated carbocycles. The number of rotatable bonds is 1. The Kier molecular flexibility index (Phi) is 2.27. The Morgan fingerprint density at radius 1 is 1.05 bits per heavy atom. The van der Waals surface area contributed by atoms with E-state index in [9.17, 15) is 0 Å². The van der Waals surface area contributed by atoms with Gasteiger partial charge in [-0.2, -0.15) is 0 Å². The molecule has 0 radical (unpaired) electrons. The molecule has 0 spiro atoms. The Bertz CT molecular complexity index is 842. The van der Waals surface area contributed by atoms with Crippen LogP contribution in [0.4, 0.5) is 0 Å². The van der Waals surface area contributed by atoms with E-state index >= 15 is 0 Å². The van der Waals surface area contributed by atoms with Gasteiger partial charge >= 0.3 is 0 Å². The predicted molar refractivity (Wildman–Crippen MR) is 75.3 cm³/mol. The zero-order valence-corrected chi connectivity index (χ0v) is 11.3. The van der Waals surface area contributed by atoms with Gasteiger partial charge in [-0.15, -0.1) is 0 Å². The van der Waals surface area contributed by atoms with E-state index in [4.69, 9.17) is 14.2 Å². The van der Waals surface area contributed by atoms with Gasteiger partial charge in [-0.05, 0) is 24.3 Å². The van der Waals surface area contributed by atoms with Crippen molar-refractivity contribution in [3.05, 3.63) is 36.5 Å². The summed E-state index contributed by atoms with van der Waals surface area (Å²) in [6.07, 6.45) is 2.10. The standard InChI is InChI=1S/C16H14NO3/c1-17-8-10-5-15-16(20-9-19-15)7-12(10)13-6-11(18-2)3-4-14(13)17/h3-8H,9H2,1-2H3/q+1. The summed E-state index contributed by atoms with van der Waals surface area (Å²) in [5, 5.41) is 3.40. The van der Waals surface area contributed by atoms with Crippen LogP contribution in [0.15, 0.2) is 36.5 Å². The van der Waals surface area contributed by atoms with E-state index in [2.05, 4.69) is 22.9 Å². The van der Waals surface area contributed by atoms with Gasteiger partial charge in [0.05, 0.1) is 17.9 Å². The normalized spacial score (nSPS) is 13.1. The van der Waals surface area contributed by atoms with Gasteiger partial charge in [0.2, 0.25) is 12.3 Å². The summed E-state index contributed by atoms with van der Waals surface area (Å²) in [7, 11) is 3.72. The Morgan fingerprint density at radius 3 is 2.65 bits per heavy atom. The van der Waals surface area contributed by atoms with Crippen molar-refractivity contribution in [2.24, 2.45) is 7.05 Å². The van der Waals surface area contributed by atoms with Crippen molar-refractivity contribution in [2.75, 3.05) is 13.9 Å². The largest absolute Gasteiger partial charge is 0.497 e. The summed E-state index contributed by atoms with van der Waals surface area (Å²) in [6.45, 7) is 0.291. The predicted octanol–water partition coefficient (Wildman–Crippen LogP) is 2.55. The van der Waals surface area contributed by atoms with Crippen LogP contribution in [0.2, 0.25) is 0 Å². The fourth-order valence-corrected chi connectivity index (χ4v) is 2.74. The molecule has 1 aromatic heterocycles. The zero-order valence-electron chi connectivity index (χ0n) is 11.3. The number of hydrogen-bond acceptors (Lipinski definition) is 3. The number of methoxy groups -OCH3 is 1. The molecule has 0 unspecified atom stereocenters. The molecular weight excluding hydrogens is 254 g/mol. The lowest BCUT2D eigenvalue weighted by molar-refractivity contribution is -0.643. The smallest absolute Gasteiger partial charge is 0.231 e. The second-order valence-corrected chi connectivity index (χ2v) is 4.92. The number of nitrogens with zero attached hydrogens (tertiary/aromatic N) is 1. The Morgan fingerprint density at radius 2 is 1.85 bits per heavy atom. The number of hydrogen-bond donors (Lipinski definition) is 0. The van der Waals surface area contributed by atoms with E-state index < -0.39 is 0 Å². The van der Waals surface area contributed by atoms with Crippen molar-refractivity contribution < 1.29 is 18.8 Å². The van der Waals surface area contributed by atoms with E-state index in [1.54, 1.807) is 7.11 Å². The van der Waals surface area contributed by atoms with E-state index in [0.717, 1.165) is 38.9 Å². The first-order chi connectivity index (χ1) is 9.76. The molecular formula is C16H14NO3+. The highest BCUT2D eigenvalue weighted by atomic mass is 16.7. The van der Waals surface area contributed by atoms with Gasteiger partial charge in [-0.1, -0.05) is 0 Å². The van der Waals surface area contributed by atoms with E-state index in [0.29, 0.717) is 6.79 Å². The minimum atomic E-state index is 0.291. The van der Waals surface area contributed by atoms with Crippen LogP contribution < -0.4 is 18.8 Å². The van der Waals surface area contributed by atoms with Gasteiger partial charge in [0.1, 0.15) is 12.8 Å². The van der Waals surface area contributed by atoms with Crippen molar-refractivity contribution in [1.29, 1.82) is 0 Å². The molecule has 20 heavy (non-hydrogen) atoms. The van der Waals surface area contributed by atoms with E-state index in [1.807, 2.05) is 25.2 Å². The lowest BCUT2D eigenvalue weighted by Gasteiger charge is -2.06. The minimum Gasteiger partial charge on any atom is -0.497 e. The van der Waals surface area contributed by atoms with Gasteiger partial charge in [-0.3, -0.25) is 0 Å². The molecule has 1 aliphatic rings. The third-order valence-corrected chi connectivity index (χ3v) is 3.75. The van der Waals surface area contributed by atoms with Gasteiger partial charge < -0.3 is 14.2 Å². The molecule has 4 rings (SSSR count). The maximum absolute atomic E-state index is 5.48. The molecule has 0 bridgehead atoms. The number of benzene rings is 2. The SMILES string of the molecule is COc1ccc2c(c1)c1cc3c(cc1c[n+]2C)OCO3. The Balaban J connectivity index is 2.15. The third kappa shape index (κ3) is 1.51. The highest BCUT2D eigenvalue weighted by Gasteiger charge is 2.18. The summed E-state index contributed by atoms with van der Waals surface area (Å²) in [4.78, 5) is 0. The highest BCUT2D eigenvalue weighted by molar-refractivity contribution is 6.05. The van der Waals surface area contributed by atoms with Crippen molar-refractivity contribution in [3.63, 3.8) is 0 Å². The average molecular weight is 268 g/mol. The molecule has 0 amide bonds. The molecule has 0 atom stereocenters. The second kappa shape index (κ2) is 4.00. The maximum atomic E-state index is 5.48. The molecule has 0 N–H and O–H groups in total. The molecule has 3 aromatic rings. The number of fused-ring (bicyclic) bond motifs is 4. The van der Waals surface area contributed by atoms with Crippen molar-refractivity contribution in [3.8, 4) is 17.2 Å². The Hall–Kier alpha value is -2.49. The number of aryl methyl sites for hydroxylation is 1. The lowest BCUT2D eigenvalue weighted by Crippen LogP contribution is -2.28. The van der Waals surface area contributed by atoms with Crippen molar-refractivity contribution >= 4 is 21.7 Å². The van der Waals surface area contributed by atoms with Crippen LogP contribution in [0.25, 0.3) is 21.7 Å². The fourth-order valence-electron chi connectivity index (χ4n) is 2.74. The molecule has 1 aliphatic heterocycles. The summed E-state index contributed by atoms with van der Waals surface area (Å²) in [5.41, 5.74) is 1.15. The van der Waals surface area contributed by atoms with Crippen LogP contribution in [0.3, 0.4) is 0 Å². The molecule has 0 aliphatic carbocycles. The average Bonchev–Trinajstić information content (AvgIpc) is 2.92. The third-order valence-electron chi connectivity index (χ3n) is 3.75. The summed E-state index contributed by atoms with van der Waals surface area (Å²) >= 11 is 0. The van der Waals surface area contributed by atoms with Crippen molar-refractivity contribution in [2.45, 2.75) is 0 Å². The highest BCUT2D eigenvalue weighted by Crippen LogP contribution is 2.38. The van der Waals surface area contributed by atoms with Crippen LogP contribution in [-0.4, -0.2) is 13.9 Å². The quantitative estimate of drug-likeness (QED) is 0.502. The zero-order chi connectivity index (χ0) is 13.7. The Labute approximate surface area is 116 Å². The lowest BCUT2D eigenvalue weighted by atomic mass is 10.1. The van der Waals surface area contributed by atoms with Gasteiger partial charge in [0, 0.05) is 11.5 Å². The number of pyridine rings is 1. The first-order valence-electron chi connectivity index (χ1n) is 6.46. The molecule has 0 saturated heterocycles. The van der Waals surface area contributed by atoms with Crippen LogP contribution in [-0.2, 0) is 7.05 Å². The molecule has 4 nitrogen and oxygen atoms in total. The first-order valence-corrected chi connectivity index (χ1v) is 6.46. The summed E-state index contributed by atoms with van der Waals surface area (Å²) < 4.78 is 18.4. The summed E-state index contributed by atoms with van der Waals surface area (Å²) in [6, 6.07) is 10.2. The minimum absolute atomic E-state index is 0.291. The van der Waals surface area contributed by atoms with Crippen LogP contribution in [0.5, 0.6) is 17.2 Å². The van der Waals surface area contributed by atoms with Gasteiger partial charge in [-0.25, -0.2) is 4.57 Å². The van der Waals surface area contributed by atoms with Gasteiger partial charge in [0.25, 0.3) is 0 Å². The summed E-state index contributed by atoms with van der Waals surface area (Å²) in [5.74, 6) is 2.46. The van der Waals surface area contributed by atoms with Crippen LogP contribution in [0, 0.1) is 0 Å². The van der Waals surface area contributed by atoms with Gasteiger partial charge in [0.15, 0.2) is 17.7 Å². The molecule has 100 valence electrons.